The van der Waals surface area contributed by atoms with E-state index in [1.165, 1.54) is 12.8 Å². The van der Waals surface area contributed by atoms with Crippen molar-refractivity contribution in [1.82, 2.24) is 10.3 Å². The molecule has 0 aromatic carbocycles. The maximum atomic E-state index is 10.5. The Morgan fingerprint density at radius 1 is 1.26 bits per heavy atom. The zero-order valence-corrected chi connectivity index (χ0v) is 11.7. The first kappa shape index (κ1) is 14.3. The molecule has 0 saturated heterocycles. The Balaban J connectivity index is 1.81. The molecule has 0 unspecified atom stereocenters. The van der Waals surface area contributed by atoms with E-state index in [2.05, 4.69) is 10.3 Å². The van der Waals surface area contributed by atoms with Crippen LogP contribution in [0, 0.1) is 0 Å². The Morgan fingerprint density at radius 3 is 2.68 bits per heavy atom. The molecule has 1 aromatic heterocycles. The molecule has 1 aliphatic carbocycles. The average Bonchev–Trinajstić information content (AvgIpc) is 2.64. The van der Waals surface area contributed by atoms with Gasteiger partial charge in [-0.2, -0.15) is 0 Å². The number of rotatable bonds is 5. The Kier molecular flexibility index (Phi) is 5.16. The lowest BCUT2D eigenvalue weighted by atomic mass is 9.94. The van der Waals surface area contributed by atoms with Crippen LogP contribution in [0.5, 0.6) is 5.88 Å². The number of ether oxygens (including phenoxy) is 1. The number of hydrogen-bond donors (Lipinski definition) is 2. The van der Waals surface area contributed by atoms with Crippen molar-refractivity contribution in [2.75, 3.05) is 13.7 Å². The summed E-state index contributed by atoms with van der Waals surface area (Å²) in [4.78, 5) is 4.35. The summed E-state index contributed by atoms with van der Waals surface area (Å²) in [5.41, 5.74) is 0.409. The summed E-state index contributed by atoms with van der Waals surface area (Å²) >= 11 is 0. The van der Waals surface area contributed by atoms with Gasteiger partial charge in [0.2, 0.25) is 5.88 Å². The minimum absolute atomic E-state index is 0.532. The average molecular weight is 264 g/mol. The van der Waals surface area contributed by atoms with E-state index in [0.717, 1.165) is 31.4 Å². The largest absolute Gasteiger partial charge is 0.481 e. The Morgan fingerprint density at radius 2 is 2.00 bits per heavy atom. The number of aromatic nitrogens is 1. The molecule has 0 spiro atoms. The lowest BCUT2D eigenvalue weighted by molar-refractivity contribution is 0.0250. The van der Waals surface area contributed by atoms with Crippen LogP contribution in [-0.2, 0) is 6.54 Å². The Bertz CT molecular complexity index is 387. The number of nitrogens with zero attached hydrogens (tertiary/aromatic N) is 1. The lowest BCUT2D eigenvalue weighted by Crippen LogP contribution is -2.40. The van der Waals surface area contributed by atoms with Crippen molar-refractivity contribution in [3.05, 3.63) is 23.9 Å². The van der Waals surface area contributed by atoms with E-state index in [1.54, 1.807) is 7.11 Å². The van der Waals surface area contributed by atoms with Crippen molar-refractivity contribution in [2.24, 2.45) is 0 Å². The Labute approximate surface area is 115 Å². The number of nitrogens with one attached hydrogen (secondary N) is 1. The summed E-state index contributed by atoms with van der Waals surface area (Å²) in [6.45, 7) is 1.31. The van der Waals surface area contributed by atoms with Gasteiger partial charge in [0.05, 0.1) is 18.4 Å². The second-order valence-corrected chi connectivity index (χ2v) is 5.41. The molecule has 4 heteroatoms. The minimum atomic E-state index is -0.532. The van der Waals surface area contributed by atoms with Crippen LogP contribution in [0.25, 0.3) is 0 Å². The summed E-state index contributed by atoms with van der Waals surface area (Å²) in [7, 11) is 1.62. The molecular weight excluding hydrogens is 240 g/mol. The molecule has 2 N–H and O–H groups in total. The molecule has 1 aromatic rings. The van der Waals surface area contributed by atoms with E-state index in [9.17, 15) is 5.11 Å². The first-order chi connectivity index (χ1) is 9.22. The third kappa shape index (κ3) is 4.48. The van der Waals surface area contributed by atoms with Crippen LogP contribution in [0.1, 0.15) is 44.2 Å². The van der Waals surface area contributed by atoms with Crippen LogP contribution >= 0.6 is 0 Å². The molecule has 2 rings (SSSR count). The molecule has 0 aliphatic heterocycles. The highest BCUT2D eigenvalue weighted by atomic mass is 16.5. The molecule has 1 fully saturated rings. The molecule has 0 radical (unpaired) electrons. The molecule has 1 saturated carbocycles. The molecule has 106 valence electrons. The van der Waals surface area contributed by atoms with Crippen molar-refractivity contribution in [1.29, 1.82) is 0 Å². The molecular formula is C15H24N2O2. The molecule has 0 bridgehead atoms. The smallest absolute Gasteiger partial charge is 0.213 e. The van der Waals surface area contributed by atoms with Crippen LogP contribution in [0.2, 0.25) is 0 Å². The predicted octanol–water partition coefficient (Wildman–Crippen LogP) is 2.27. The minimum Gasteiger partial charge on any atom is -0.481 e. The molecule has 19 heavy (non-hydrogen) atoms. The van der Waals surface area contributed by atoms with Crippen molar-refractivity contribution in [3.8, 4) is 5.88 Å². The maximum absolute atomic E-state index is 10.5. The van der Waals surface area contributed by atoms with E-state index in [0.29, 0.717) is 19.0 Å². The summed E-state index contributed by atoms with van der Waals surface area (Å²) < 4.78 is 5.10. The summed E-state index contributed by atoms with van der Waals surface area (Å²) in [6.07, 6.45) is 6.59. The SMILES string of the molecule is COc1cccc(CNCC2(O)CCCCCC2)n1. The van der Waals surface area contributed by atoms with Gasteiger partial charge in [-0.25, -0.2) is 4.98 Å². The van der Waals surface area contributed by atoms with Crippen molar-refractivity contribution in [3.63, 3.8) is 0 Å². The quantitative estimate of drug-likeness (QED) is 0.801. The zero-order valence-electron chi connectivity index (χ0n) is 11.7. The van der Waals surface area contributed by atoms with Crippen LogP contribution in [0.15, 0.2) is 18.2 Å². The van der Waals surface area contributed by atoms with Crippen LogP contribution < -0.4 is 10.1 Å². The number of hydrogen-bond acceptors (Lipinski definition) is 4. The highest BCUT2D eigenvalue weighted by Gasteiger charge is 2.27. The van der Waals surface area contributed by atoms with Crippen LogP contribution in [0.4, 0.5) is 0 Å². The number of aliphatic hydroxyl groups is 1. The third-order valence-electron chi connectivity index (χ3n) is 3.78. The highest BCUT2D eigenvalue weighted by molar-refractivity contribution is 5.15. The fourth-order valence-corrected chi connectivity index (χ4v) is 2.66. The number of methoxy groups -OCH3 is 1. The van der Waals surface area contributed by atoms with Gasteiger partial charge in [0.25, 0.3) is 0 Å². The standard InChI is InChI=1S/C15H24N2O2/c1-19-14-8-6-7-13(17-14)11-16-12-15(18)9-4-2-3-5-10-15/h6-8,16,18H,2-5,9-12H2,1H3. The van der Waals surface area contributed by atoms with E-state index in [1.807, 2.05) is 18.2 Å². The molecule has 1 heterocycles. The van der Waals surface area contributed by atoms with E-state index < -0.39 is 5.60 Å². The van der Waals surface area contributed by atoms with Crippen molar-refractivity contribution < 1.29 is 9.84 Å². The lowest BCUT2D eigenvalue weighted by Gasteiger charge is -2.26. The van der Waals surface area contributed by atoms with Crippen molar-refractivity contribution in [2.45, 2.75) is 50.7 Å². The second kappa shape index (κ2) is 6.87. The van der Waals surface area contributed by atoms with Gasteiger partial charge in [-0.05, 0) is 18.9 Å². The summed E-state index contributed by atoms with van der Waals surface area (Å²) in [6, 6.07) is 5.73. The van der Waals surface area contributed by atoms with Gasteiger partial charge < -0.3 is 15.2 Å². The first-order valence-corrected chi connectivity index (χ1v) is 7.15. The van der Waals surface area contributed by atoms with Gasteiger partial charge in [0.1, 0.15) is 0 Å². The normalized spacial score (nSPS) is 18.8. The van der Waals surface area contributed by atoms with Gasteiger partial charge in [0, 0.05) is 19.2 Å². The highest BCUT2D eigenvalue weighted by Crippen LogP contribution is 2.26. The van der Waals surface area contributed by atoms with Gasteiger partial charge in [-0.15, -0.1) is 0 Å². The fraction of sp³-hybridized carbons (Fsp3) is 0.667. The second-order valence-electron chi connectivity index (χ2n) is 5.41. The van der Waals surface area contributed by atoms with Gasteiger partial charge >= 0.3 is 0 Å². The summed E-state index contributed by atoms with van der Waals surface area (Å²) in [5.74, 6) is 0.632. The predicted molar refractivity (Wildman–Crippen MR) is 75.1 cm³/mol. The third-order valence-corrected chi connectivity index (χ3v) is 3.78. The van der Waals surface area contributed by atoms with Crippen LogP contribution in [-0.4, -0.2) is 29.3 Å². The van der Waals surface area contributed by atoms with E-state index in [-0.39, 0.29) is 0 Å². The number of pyridine rings is 1. The topological polar surface area (TPSA) is 54.4 Å². The molecule has 0 amide bonds. The monoisotopic (exact) mass is 264 g/mol. The van der Waals surface area contributed by atoms with Crippen LogP contribution in [0.3, 0.4) is 0 Å². The first-order valence-electron chi connectivity index (χ1n) is 7.15. The van der Waals surface area contributed by atoms with Gasteiger partial charge in [-0.3, -0.25) is 0 Å². The zero-order chi connectivity index (χ0) is 13.6. The Hall–Kier alpha value is -1.13. The fourth-order valence-electron chi connectivity index (χ4n) is 2.66. The maximum Gasteiger partial charge on any atom is 0.213 e. The molecule has 1 aliphatic rings. The van der Waals surface area contributed by atoms with Gasteiger partial charge in [-0.1, -0.05) is 31.7 Å². The molecule has 0 atom stereocenters. The summed E-state index contributed by atoms with van der Waals surface area (Å²) in [5, 5.41) is 13.8. The van der Waals surface area contributed by atoms with E-state index in [4.69, 9.17) is 4.74 Å². The van der Waals surface area contributed by atoms with E-state index >= 15 is 0 Å². The molecule has 4 nitrogen and oxygen atoms in total. The van der Waals surface area contributed by atoms with Gasteiger partial charge in [0.15, 0.2) is 0 Å². The van der Waals surface area contributed by atoms with Crippen molar-refractivity contribution >= 4 is 0 Å².